The molecule has 0 bridgehead atoms. The van der Waals surface area contributed by atoms with Crippen LogP contribution in [0.5, 0.6) is 5.75 Å². The molecule has 1 amide bonds. The van der Waals surface area contributed by atoms with E-state index in [0.29, 0.717) is 11.7 Å². The lowest BCUT2D eigenvalue weighted by Crippen LogP contribution is -2.43. The summed E-state index contributed by atoms with van der Waals surface area (Å²) in [5.41, 5.74) is 1.21. The summed E-state index contributed by atoms with van der Waals surface area (Å²) in [7, 11) is 0. The van der Waals surface area contributed by atoms with Crippen LogP contribution in [-0.2, 0) is 14.3 Å². The van der Waals surface area contributed by atoms with E-state index in [-0.39, 0.29) is 18.6 Å². The van der Waals surface area contributed by atoms with Crippen LogP contribution in [0.25, 0.3) is 0 Å². The molecule has 138 valence electrons. The second-order valence-corrected chi connectivity index (χ2v) is 6.99. The third-order valence-corrected chi connectivity index (χ3v) is 4.53. The van der Waals surface area contributed by atoms with Gasteiger partial charge in [0.2, 0.25) is 0 Å². The van der Waals surface area contributed by atoms with Gasteiger partial charge >= 0.3 is 5.97 Å². The van der Waals surface area contributed by atoms with E-state index in [1.807, 2.05) is 24.3 Å². The molecule has 1 aromatic rings. The number of amides is 1. The summed E-state index contributed by atoms with van der Waals surface area (Å²) in [4.78, 5) is 24.0. The van der Waals surface area contributed by atoms with Crippen molar-refractivity contribution in [2.75, 3.05) is 6.61 Å². The molecule has 0 aromatic heterocycles. The molecule has 1 aromatic carbocycles. The fourth-order valence-electron chi connectivity index (χ4n) is 2.94. The Morgan fingerprint density at radius 3 is 2.32 bits per heavy atom. The van der Waals surface area contributed by atoms with Gasteiger partial charge in [-0.3, -0.25) is 4.79 Å². The Hall–Kier alpha value is -2.04. The topological polar surface area (TPSA) is 64.6 Å². The molecule has 0 saturated heterocycles. The highest BCUT2D eigenvalue weighted by molar-refractivity contribution is 5.83. The van der Waals surface area contributed by atoms with E-state index in [9.17, 15) is 9.59 Å². The van der Waals surface area contributed by atoms with Crippen molar-refractivity contribution in [3.63, 3.8) is 0 Å². The van der Waals surface area contributed by atoms with Gasteiger partial charge in [0.25, 0.3) is 5.91 Å². The normalized spacial score (nSPS) is 16.3. The van der Waals surface area contributed by atoms with Crippen LogP contribution >= 0.6 is 0 Å². The average molecular weight is 347 g/mol. The molecule has 1 N–H and O–H groups in total. The number of hydrogen-bond acceptors (Lipinski definition) is 4. The molecule has 2 rings (SSSR count). The van der Waals surface area contributed by atoms with E-state index in [2.05, 4.69) is 19.2 Å². The SMILES string of the molecule is CC(C)c1ccc(OCC(=O)O[C@@H](C)C(=O)NC2CCCCC2)cc1. The molecule has 1 atom stereocenters. The van der Waals surface area contributed by atoms with Gasteiger partial charge in [-0.05, 0) is 43.4 Å². The summed E-state index contributed by atoms with van der Waals surface area (Å²) in [6, 6.07) is 7.83. The Balaban J connectivity index is 1.72. The molecule has 0 spiro atoms. The fourth-order valence-corrected chi connectivity index (χ4v) is 2.94. The van der Waals surface area contributed by atoms with Gasteiger partial charge in [-0.15, -0.1) is 0 Å². The molecule has 0 unspecified atom stereocenters. The largest absolute Gasteiger partial charge is 0.482 e. The molecule has 0 heterocycles. The number of hydrogen-bond donors (Lipinski definition) is 1. The van der Waals surface area contributed by atoms with E-state index in [1.54, 1.807) is 6.92 Å². The van der Waals surface area contributed by atoms with E-state index in [0.717, 1.165) is 25.7 Å². The Bertz CT molecular complexity index is 562. The Kier molecular flexibility index (Phi) is 7.29. The van der Waals surface area contributed by atoms with E-state index >= 15 is 0 Å². The van der Waals surface area contributed by atoms with Crippen LogP contribution in [0, 0.1) is 0 Å². The van der Waals surface area contributed by atoms with Crippen molar-refractivity contribution in [2.24, 2.45) is 0 Å². The molecule has 1 aliphatic carbocycles. The van der Waals surface area contributed by atoms with Crippen molar-refractivity contribution in [1.29, 1.82) is 0 Å². The zero-order chi connectivity index (χ0) is 18.2. The van der Waals surface area contributed by atoms with Gasteiger partial charge in [0.1, 0.15) is 5.75 Å². The van der Waals surface area contributed by atoms with Crippen molar-refractivity contribution in [2.45, 2.75) is 70.9 Å². The first kappa shape index (κ1) is 19.3. The van der Waals surface area contributed by atoms with Crippen LogP contribution in [0.4, 0.5) is 0 Å². The predicted molar refractivity (Wildman–Crippen MR) is 96.6 cm³/mol. The molecular formula is C20H29NO4. The second kappa shape index (κ2) is 9.44. The summed E-state index contributed by atoms with van der Waals surface area (Å²) in [6.07, 6.45) is 4.71. The highest BCUT2D eigenvalue weighted by Gasteiger charge is 2.22. The van der Waals surface area contributed by atoms with Crippen LogP contribution in [0.15, 0.2) is 24.3 Å². The molecule has 5 nitrogen and oxygen atoms in total. The number of carbonyl (C=O) groups excluding carboxylic acids is 2. The van der Waals surface area contributed by atoms with Crippen molar-refractivity contribution >= 4 is 11.9 Å². The monoisotopic (exact) mass is 347 g/mol. The van der Waals surface area contributed by atoms with Crippen LogP contribution < -0.4 is 10.1 Å². The number of nitrogens with one attached hydrogen (secondary N) is 1. The average Bonchev–Trinajstić information content (AvgIpc) is 2.61. The summed E-state index contributed by atoms with van der Waals surface area (Å²) in [6.45, 7) is 5.62. The first-order valence-electron chi connectivity index (χ1n) is 9.18. The smallest absolute Gasteiger partial charge is 0.344 e. The summed E-state index contributed by atoms with van der Waals surface area (Å²) >= 11 is 0. The predicted octanol–water partition coefficient (Wildman–Crippen LogP) is 3.57. The molecular weight excluding hydrogens is 318 g/mol. The summed E-state index contributed by atoms with van der Waals surface area (Å²) in [5.74, 6) is 0.281. The summed E-state index contributed by atoms with van der Waals surface area (Å²) in [5, 5.41) is 2.96. The van der Waals surface area contributed by atoms with Crippen molar-refractivity contribution in [1.82, 2.24) is 5.32 Å². The minimum atomic E-state index is -0.804. The van der Waals surface area contributed by atoms with Crippen molar-refractivity contribution in [3.05, 3.63) is 29.8 Å². The Morgan fingerprint density at radius 1 is 1.08 bits per heavy atom. The van der Waals surface area contributed by atoms with Gasteiger partial charge in [-0.25, -0.2) is 4.79 Å². The minimum absolute atomic E-state index is 0.206. The number of esters is 1. The molecule has 25 heavy (non-hydrogen) atoms. The third kappa shape index (κ3) is 6.40. The maximum absolute atomic E-state index is 12.1. The first-order valence-corrected chi connectivity index (χ1v) is 9.18. The second-order valence-electron chi connectivity index (χ2n) is 6.99. The lowest BCUT2D eigenvalue weighted by molar-refractivity contribution is -0.156. The van der Waals surface area contributed by atoms with Gasteiger partial charge in [0.15, 0.2) is 12.7 Å². The Labute approximate surface area is 150 Å². The van der Waals surface area contributed by atoms with Gasteiger partial charge in [-0.1, -0.05) is 45.2 Å². The first-order chi connectivity index (χ1) is 12.0. The molecule has 1 fully saturated rings. The van der Waals surface area contributed by atoms with Gasteiger partial charge in [-0.2, -0.15) is 0 Å². The fraction of sp³-hybridized carbons (Fsp3) is 0.600. The third-order valence-electron chi connectivity index (χ3n) is 4.53. The Morgan fingerprint density at radius 2 is 1.72 bits per heavy atom. The molecule has 1 saturated carbocycles. The van der Waals surface area contributed by atoms with Gasteiger partial charge in [0.05, 0.1) is 0 Å². The van der Waals surface area contributed by atoms with Crippen molar-refractivity contribution < 1.29 is 19.1 Å². The standard InChI is InChI=1S/C20H29NO4/c1-14(2)16-9-11-18(12-10-16)24-13-19(22)25-15(3)20(23)21-17-7-5-4-6-8-17/h9-12,14-15,17H,4-8,13H2,1-3H3,(H,21,23)/t15-/m0/s1. The minimum Gasteiger partial charge on any atom is -0.482 e. The number of rotatable bonds is 7. The summed E-state index contributed by atoms with van der Waals surface area (Å²) < 4.78 is 10.6. The number of ether oxygens (including phenoxy) is 2. The van der Waals surface area contributed by atoms with Gasteiger partial charge in [0, 0.05) is 6.04 Å². The van der Waals surface area contributed by atoms with Crippen molar-refractivity contribution in [3.8, 4) is 5.75 Å². The molecule has 0 aliphatic heterocycles. The van der Waals surface area contributed by atoms with Crippen LogP contribution in [0.2, 0.25) is 0 Å². The van der Waals surface area contributed by atoms with Gasteiger partial charge < -0.3 is 14.8 Å². The van der Waals surface area contributed by atoms with Crippen LogP contribution in [0.3, 0.4) is 0 Å². The van der Waals surface area contributed by atoms with Crippen LogP contribution in [-0.4, -0.2) is 30.6 Å². The maximum Gasteiger partial charge on any atom is 0.344 e. The van der Waals surface area contributed by atoms with E-state index in [4.69, 9.17) is 9.47 Å². The molecule has 0 radical (unpaired) electrons. The maximum atomic E-state index is 12.1. The van der Waals surface area contributed by atoms with Crippen LogP contribution in [0.1, 0.15) is 64.4 Å². The zero-order valence-electron chi connectivity index (χ0n) is 15.4. The van der Waals surface area contributed by atoms with E-state index in [1.165, 1.54) is 12.0 Å². The molecule has 5 heteroatoms. The quantitative estimate of drug-likeness (QED) is 0.766. The lowest BCUT2D eigenvalue weighted by Gasteiger charge is -2.24. The lowest BCUT2D eigenvalue weighted by atomic mass is 9.95. The number of benzene rings is 1. The zero-order valence-corrected chi connectivity index (χ0v) is 15.4. The highest BCUT2D eigenvalue weighted by atomic mass is 16.6. The molecule has 1 aliphatic rings. The highest BCUT2D eigenvalue weighted by Crippen LogP contribution is 2.19. The van der Waals surface area contributed by atoms with E-state index < -0.39 is 12.1 Å². The number of carbonyl (C=O) groups is 2.